The Kier molecular flexibility index (Phi) is 3.40. The van der Waals surface area contributed by atoms with Gasteiger partial charge in [0.15, 0.2) is 0 Å². The first-order valence-corrected chi connectivity index (χ1v) is 5.24. The number of hydrogen-bond acceptors (Lipinski definition) is 4. The number of nitrogens with one attached hydrogen (secondary N) is 2. The molecular weight excluding hydrogens is 218 g/mol. The van der Waals surface area contributed by atoms with E-state index in [1.165, 1.54) is 0 Å². The van der Waals surface area contributed by atoms with Crippen molar-refractivity contribution in [3.05, 3.63) is 48.2 Å². The Hall–Kier alpha value is -2.30. The minimum atomic E-state index is -0.218. The van der Waals surface area contributed by atoms with Gasteiger partial charge >= 0.3 is 0 Å². The molecule has 2 heterocycles. The minimum Gasteiger partial charge on any atom is -0.467 e. The molecule has 0 aliphatic heterocycles. The van der Waals surface area contributed by atoms with Crippen LogP contribution in [0.1, 0.15) is 16.2 Å². The molecule has 2 aromatic heterocycles. The normalized spacial score (nSPS) is 9.94. The number of anilines is 1. The van der Waals surface area contributed by atoms with E-state index in [4.69, 9.17) is 4.42 Å². The van der Waals surface area contributed by atoms with E-state index in [2.05, 4.69) is 15.6 Å². The van der Waals surface area contributed by atoms with E-state index in [-0.39, 0.29) is 5.91 Å². The fourth-order valence-corrected chi connectivity index (χ4v) is 1.35. The molecule has 0 fully saturated rings. The highest BCUT2D eigenvalue weighted by Crippen LogP contribution is 2.05. The van der Waals surface area contributed by atoms with Gasteiger partial charge in [0.25, 0.3) is 5.91 Å². The molecule has 5 heteroatoms. The highest BCUT2D eigenvalue weighted by Gasteiger charge is 2.07. The van der Waals surface area contributed by atoms with Gasteiger partial charge in [0.1, 0.15) is 11.5 Å². The summed E-state index contributed by atoms with van der Waals surface area (Å²) in [6.07, 6.45) is 3.18. The summed E-state index contributed by atoms with van der Waals surface area (Å²) in [5, 5.41) is 5.66. The molecule has 0 unspecified atom stereocenters. The molecule has 2 rings (SSSR count). The predicted molar refractivity (Wildman–Crippen MR) is 63.7 cm³/mol. The fourth-order valence-electron chi connectivity index (χ4n) is 1.35. The number of carbonyl (C=O) groups excluding carboxylic acids is 1. The molecule has 0 radical (unpaired) electrons. The third kappa shape index (κ3) is 2.84. The molecule has 0 spiro atoms. The van der Waals surface area contributed by atoms with E-state index in [1.807, 2.05) is 0 Å². The quantitative estimate of drug-likeness (QED) is 0.839. The summed E-state index contributed by atoms with van der Waals surface area (Å²) in [6.45, 7) is 0.362. The molecule has 88 valence electrons. The lowest BCUT2D eigenvalue weighted by Crippen LogP contribution is -2.23. The summed E-state index contributed by atoms with van der Waals surface area (Å²) in [5.74, 6) is 0.495. The summed E-state index contributed by atoms with van der Waals surface area (Å²) in [5.41, 5.74) is 1.25. The highest BCUT2D eigenvalue weighted by atomic mass is 16.3. The average molecular weight is 231 g/mol. The maximum absolute atomic E-state index is 11.7. The molecule has 2 N–H and O–H groups in total. The van der Waals surface area contributed by atoms with E-state index in [9.17, 15) is 4.79 Å². The van der Waals surface area contributed by atoms with Crippen LogP contribution in [0.15, 0.2) is 41.1 Å². The molecule has 0 bridgehead atoms. The van der Waals surface area contributed by atoms with Gasteiger partial charge in [-0.15, -0.1) is 0 Å². The van der Waals surface area contributed by atoms with Gasteiger partial charge in [0, 0.05) is 7.05 Å². The van der Waals surface area contributed by atoms with Crippen molar-refractivity contribution < 1.29 is 9.21 Å². The molecule has 0 saturated carbocycles. The van der Waals surface area contributed by atoms with Crippen LogP contribution in [0.4, 0.5) is 5.69 Å². The zero-order valence-electron chi connectivity index (χ0n) is 9.43. The number of carbonyl (C=O) groups is 1. The van der Waals surface area contributed by atoms with Gasteiger partial charge in [-0.1, -0.05) is 0 Å². The summed E-state index contributed by atoms with van der Waals surface area (Å²) in [6, 6.07) is 7.05. The van der Waals surface area contributed by atoms with Crippen molar-refractivity contribution in [3.8, 4) is 0 Å². The predicted octanol–water partition coefficient (Wildman–Crippen LogP) is 1.65. The van der Waals surface area contributed by atoms with E-state index >= 15 is 0 Å². The van der Waals surface area contributed by atoms with Crippen LogP contribution < -0.4 is 10.6 Å². The Balaban J connectivity index is 1.95. The van der Waals surface area contributed by atoms with Crippen molar-refractivity contribution >= 4 is 11.6 Å². The molecule has 2 aromatic rings. The standard InChI is InChI=1S/C12H13N3O2/c1-13-9-4-5-11(14-7-9)12(16)15-8-10-3-2-6-17-10/h2-7,13H,8H2,1H3,(H,15,16). The second-order valence-corrected chi connectivity index (χ2v) is 3.44. The maximum atomic E-state index is 11.7. The van der Waals surface area contributed by atoms with Crippen LogP contribution in [0.3, 0.4) is 0 Å². The second kappa shape index (κ2) is 5.16. The maximum Gasteiger partial charge on any atom is 0.270 e. The third-order valence-corrected chi connectivity index (χ3v) is 2.29. The SMILES string of the molecule is CNc1ccc(C(=O)NCc2ccco2)nc1. The summed E-state index contributed by atoms with van der Waals surface area (Å²) in [7, 11) is 1.80. The number of nitrogens with zero attached hydrogens (tertiary/aromatic N) is 1. The molecular formula is C12H13N3O2. The topological polar surface area (TPSA) is 67.2 Å². The van der Waals surface area contributed by atoms with E-state index in [0.717, 1.165) is 5.69 Å². The summed E-state index contributed by atoms with van der Waals surface area (Å²) >= 11 is 0. The van der Waals surface area contributed by atoms with Gasteiger partial charge in [0.05, 0.1) is 24.7 Å². The Morgan fingerprint density at radius 2 is 2.29 bits per heavy atom. The molecule has 0 aromatic carbocycles. The van der Waals surface area contributed by atoms with Crippen LogP contribution in [-0.2, 0) is 6.54 Å². The van der Waals surface area contributed by atoms with Crippen molar-refractivity contribution in [1.29, 1.82) is 0 Å². The lowest BCUT2D eigenvalue weighted by atomic mass is 10.3. The molecule has 0 aliphatic rings. The van der Waals surface area contributed by atoms with E-state index < -0.39 is 0 Å². The lowest BCUT2D eigenvalue weighted by molar-refractivity contribution is 0.0943. The fraction of sp³-hybridized carbons (Fsp3) is 0.167. The van der Waals surface area contributed by atoms with Gasteiger partial charge in [-0.25, -0.2) is 4.98 Å². The Morgan fingerprint density at radius 1 is 1.41 bits per heavy atom. The van der Waals surface area contributed by atoms with E-state index in [0.29, 0.717) is 18.0 Å². The van der Waals surface area contributed by atoms with E-state index in [1.54, 1.807) is 43.8 Å². The van der Waals surface area contributed by atoms with Crippen LogP contribution >= 0.6 is 0 Å². The lowest BCUT2D eigenvalue weighted by Gasteiger charge is -2.03. The summed E-state index contributed by atoms with van der Waals surface area (Å²) < 4.78 is 5.11. The summed E-state index contributed by atoms with van der Waals surface area (Å²) in [4.78, 5) is 15.7. The molecule has 17 heavy (non-hydrogen) atoms. The first-order chi connectivity index (χ1) is 8.29. The average Bonchev–Trinajstić information content (AvgIpc) is 2.89. The van der Waals surface area contributed by atoms with Gasteiger partial charge in [-0.05, 0) is 24.3 Å². The zero-order valence-corrected chi connectivity index (χ0v) is 9.43. The molecule has 1 amide bonds. The highest BCUT2D eigenvalue weighted by molar-refractivity contribution is 5.92. The van der Waals surface area contributed by atoms with Crippen molar-refractivity contribution in [1.82, 2.24) is 10.3 Å². The van der Waals surface area contributed by atoms with Crippen LogP contribution in [0.5, 0.6) is 0 Å². The largest absolute Gasteiger partial charge is 0.467 e. The zero-order chi connectivity index (χ0) is 12.1. The van der Waals surface area contributed by atoms with Crippen LogP contribution in [0.2, 0.25) is 0 Å². The first-order valence-electron chi connectivity index (χ1n) is 5.24. The Bertz CT molecular complexity index is 477. The number of amides is 1. The van der Waals surface area contributed by atoms with Gasteiger partial charge in [-0.3, -0.25) is 4.79 Å². The van der Waals surface area contributed by atoms with Crippen molar-refractivity contribution in [2.24, 2.45) is 0 Å². The second-order valence-electron chi connectivity index (χ2n) is 3.44. The van der Waals surface area contributed by atoms with Crippen molar-refractivity contribution in [3.63, 3.8) is 0 Å². The van der Waals surface area contributed by atoms with Crippen LogP contribution in [0, 0.1) is 0 Å². The van der Waals surface area contributed by atoms with Gasteiger partial charge in [0.2, 0.25) is 0 Å². The van der Waals surface area contributed by atoms with Crippen LogP contribution in [0.25, 0.3) is 0 Å². The number of aromatic nitrogens is 1. The van der Waals surface area contributed by atoms with Crippen molar-refractivity contribution in [2.45, 2.75) is 6.54 Å². The smallest absolute Gasteiger partial charge is 0.270 e. The van der Waals surface area contributed by atoms with Crippen molar-refractivity contribution in [2.75, 3.05) is 12.4 Å². The third-order valence-electron chi connectivity index (χ3n) is 2.29. The molecule has 0 aliphatic carbocycles. The number of rotatable bonds is 4. The Labute approximate surface area is 98.9 Å². The number of pyridine rings is 1. The molecule has 0 saturated heterocycles. The monoisotopic (exact) mass is 231 g/mol. The van der Waals surface area contributed by atoms with Gasteiger partial charge in [-0.2, -0.15) is 0 Å². The van der Waals surface area contributed by atoms with Crippen LogP contribution in [-0.4, -0.2) is 17.9 Å². The molecule has 0 atom stereocenters. The number of hydrogen-bond donors (Lipinski definition) is 2. The van der Waals surface area contributed by atoms with Gasteiger partial charge < -0.3 is 15.1 Å². The number of furan rings is 1. The molecule has 5 nitrogen and oxygen atoms in total. The Morgan fingerprint density at radius 3 is 2.88 bits per heavy atom. The first kappa shape index (κ1) is 11.2. The minimum absolute atomic E-state index is 0.218.